The van der Waals surface area contributed by atoms with E-state index in [1.165, 1.54) is 11.8 Å². The Morgan fingerprint density at radius 2 is 1.92 bits per heavy atom. The third-order valence-corrected chi connectivity index (χ3v) is 3.50. The van der Waals surface area contributed by atoms with E-state index < -0.39 is 5.51 Å². The van der Waals surface area contributed by atoms with Crippen LogP contribution in [0.1, 0.15) is 13.3 Å². The lowest BCUT2D eigenvalue weighted by Crippen LogP contribution is -2.21. The average molecular weight is 233 g/mol. The van der Waals surface area contributed by atoms with Gasteiger partial charge in [-0.05, 0) is 6.42 Å². The third-order valence-electron chi connectivity index (χ3n) is 1.35. The van der Waals surface area contributed by atoms with E-state index in [2.05, 4.69) is 0 Å². The molecule has 0 aromatic rings. The van der Waals surface area contributed by atoms with Crippen LogP contribution in [-0.4, -0.2) is 28.8 Å². The van der Waals surface area contributed by atoms with Crippen LogP contribution < -0.4 is 5.73 Å². The van der Waals surface area contributed by atoms with Crippen molar-refractivity contribution >= 4 is 23.5 Å². The van der Waals surface area contributed by atoms with Crippen LogP contribution in [0.3, 0.4) is 0 Å². The molecule has 0 aliphatic carbocycles. The fourth-order valence-corrected chi connectivity index (χ4v) is 2.31. The van der Waals surface area contributed by atoms with Crippen LogP contribution in [0.15, 0.2) is 0 Å². The van der Waals surface area contributed by atoms with Crippen molar-refractivity contribution in [3.8, 4) is 0 Å². The van der Waals surface area contributed by atoms with Crippen molar-refractivity contribution in [3.63, 3.8) is 0 Å². The summed E-state index contributed by atoms with van der Waals surface area (Å²) >= 11 is 1.51. The monoisotopic (exact) mass is 233 g/mol. The van der Waals surface area contributed by atoms with Gasteiger partial charge in [0.05, 0.1) is 0 Å². The Bertz CT molecular complexity index is 129. The van der Waals surface area contributed by atoms with E-state index in [-0.39, 0.29) is 23.6 Å². The van der Waals surface area contributed by atoms with Crippen LogP contribution in [-0.2, 0) is 0 Å². The Balaban J connectivity index is 3.18. The summed E-state index contributed by atoms with van der Waals surface area (Å²) in [6.07, 6.45) is 0.874. The van der Waals surface area contributed by atoms with Gasteiger partial charge in [0.15, 0.2) is 0 Å². The highest BCUT2D eigenvalue weighted by Gasteiger charge is 2.27. The highest BCUT2D eigenvalue weighted by atomic mass is 32.2. The Labute approximate surface area is 85.0 Å². The van der Waals surface area contributed by atoms with Crippen LogP contribution in [0.5, 0.6) is 0 Å². The van der Waals surface area contributed by atoms with Gasteiger partial charge in [0.1, 0.15) is 0 Å². The van der Waals surface area contributed by atoms with Gasteiger partial charge in [0.2, 0.25) is 0 Å². The van der Waals surface area contributed by atoms with Crippen LogP contribution in [0.4, 0.5) is 13.2 Å². The fourth-order valence-electron chi connectivity index (χ4n) is 0.569. The molecular formula is C7H14F3NS2. The molecule has 0 amide bonds. The second-order valence-corrected chi connectivity index (χ2v) is 4.85. The number of halogens is 3. The molecule has 1 nitrogen and oxygen atoms in total. The molecule has 0 aromatic carbocycles. The van der Waals surface area contributed by atoms with Gasteiger partial charge >= 0.3 is 5.51 Å². The fraction of sp³-hybridized carbons (Fsp3) is 1.00. The molecule has 0 saturated heterocycles. The molecule has 0 fully saturated rings. The van der Waals surface area contributed by atoms with Gasteiger partial charge in [-0.25, -0.2) is 0 Å². The predicted octanol–water partition coefficient (Wildman–Crippen LogP) is 2.71. The maximum absolute atomic E-state index is 11.6. The van der Waals surface area contributed by atoms with Crippen molar-refractivity contribution < 1.29 is 13.2 Å². The molecule has 0 aliphatic rings. The Morgan fingerprint density at radius 1 is 1.31 bits per heavy atom. The van der Waals surface area contributed by atoms with E-state index in [9.17, 15) is 13.2 Å². The number of hydrogen-bond acceptors (Lipinski definition) is 3. The molecule has 1 unspecified atom stereocenters. The summed E-state index contributed by atoms with van der Waals surface area (Å²) in [6.45, 7) is 1.97. The van der Waals surface area contributed by atoms with Gasteiger partial charge in [0.25, 0.3) is 0 Å². The number of hydrogen-bond donors (Lipinski definition) is 1. The highest BCUT2D eigenvalue weighted by molar-refractivity contribution is 8.03. The van der Waals surface area contributed by atoms with E-state index in [4.69, 9.17) is 5.73 Å². The van der Waals surface area contributed by atoms with Gasteiger partial charge in [0, 0.05) is 23.3 Å². The van der Waals surface area contributed by atoms with Crippen LogP contribution in [0, 0.1) is 0 Å². The molecule has 0 spiro atoms. The molecule has 0 rings (SSSR count). The quantitative estimate of drug-likeness (QED) is 0.714. The third kappa shape index (κ3) is 10.4. The summed E-state index contributed by atoms with van der Waals surface area (Å²) in [6, 6.07) is 0.112. The minimum absolute atomic E-state index is 0.0312. The summed E-state index contributed by atoms with van der Waals surface area (Å²) in [7, 11) is 0. The lowest BCUT2D eigenvalue weighted by molar-refractivity contribution is -0.0326. The molecule has 2 N–H and O–H groups in total. The molecule has 0 heterocycles. The van der Waals surface area contributed by atoms with Gasteiger partial charge < -0.3 is 5.73 Å². The maximum Gasteiger partial charge on any atom is 0.441 e. The maximum atomic E-state index is 11.6. The molecule has 0 bridgehead atoms. The number of alkyl halides is 3. The minimum atomic E-state index is -4.09. The van der Waals surface area contributed by atoms with Crippen LogP contribution >= 0.6 is 23.5 Å². The summed E-state index contributed by atoms with van der Waals surface area (Å²) < 4.78 is 34.9. The Kier molecular flexibility index (Phi) is 7.07. The average Bonchev–Trinajstić information content (AvgIpc) is 2.01. The first-order valence-corrected chi connectivity index (χ1v) is 6.13. The predicted molar refractivity (Wildman–Crippen MR) is 54.1 cm³/mol. The van der Waals surface area contributed by atoms with E-state index in [1.807, 2.05) is 6.92 Å². The van der Waals surface area contributed by atoms with Crippen molar-refractivity contribution in [1.29, 1.82) is 0 Å². The van der Waals surface area contributed by atoms with Gasteiger partial charge in [-0.3, -0.25) is 0 Å². The van der Waals surface area contributed by atoms with E-state index in [1.54, 1.807) is 0 Å². The SMILES string of the molecule is CCC(N)CSCCSC(F)(F)F. The van der Waals surface area contributed by atoms with Crippen molar-refractivity contribution in [2.75, 3.05) is 17.3 Å². The molecule has 80 valence electrons. The van der Waals surface area contributed by atoms with Crippen molar-refractivity contribution in [2.24, 2.45) is 5.73 Å². The minimum Gasteiger partial charge on any atom is -0.327 e. The first-order chi connectivity index (χ1) is 5.95. The zero-order valence-corrected chi connectivity index (χ0v) is 9.07. The van der Waals surface area contributed by atoms with Gasteiger partial charge in [-0.15, -0.1) is 0 Å². The van der Waals surface area contributed by atoms with Gasteiger partial charge in [-0.2, -0.15) is 24.9 Å². The molecule has 0 aromatic heterocycles. The van der Waals surface area contributed by atoms with Gasteiger partial charge in [-0.1, -0.05) is 18.7 Å². The zero-order chi connectivity index (χ0) is 10.3. The molecule has 13 heavy (non-hydrogen) atoms. The first kappa shape index (κ1) is 13.4. The lowest BCUT2D eigenvalue weighted by Gasteiger charge is -2.08. The second-order valence-electron chi connectivity index (χ2n) is 2.54. The number of thioether (sulfide) groups is 2. The Morgan fingerprint density at radius 3 is 2.38 bits per heavy atom. The topological polar surface area (TPSA) is 26.0 Å². The smallest absolute Gasteiger partial charge is 0.327 e. The Hall–Kier alpha value is 0.450. The molecule has 0 aliphatic heterocycles. The van der Waals surface area contributed by atoms with Crippen LogP contribution in [0.2, 0.25) is 0 Å². The number of rotatable bonds is 6. The summed E-state index contributed by atoms with van der Waals surface area (Å²) in [5, 5.41) is 0. The summed E-state index contributed by atoms with van der Waals surface area (Å²) in [4.78, 5) is 0. The molecule has 0 saturated carbocycles. The van der Waals surface area contributed by atoms with E-state index >= 15 is 0 Å². The van der Waals surface area contributed by atoms with E-state index in [0.29, 0.717) is 5.75 Å². The molecule has 6 heteroatoms. The van der Waals surface area contributed by atoms with Crippen molar-refractivity contribution in [3.05, 3.63) is 0 Å². The summed E-state index contributed by atoms with van der Waals surface area (Å²) in [5.74, 6) is 1.37. The lowest BCUT2D eigenvalue weighted by atomic mass is 10.3. The molecule has 1 atom stereocenters. The van der Waals surface area contributed by atoms with Crippen molar-refractivity contribution in [1.82, 2.24) is 0 Å². The standard InChI is InChI=1S/C7H14F3NS2/c1-2-6(11)5-12-3-4-13-7(8,9)10/h6H,2-5,11H2,1H3. The second kappa shape index (κ2) is 6.84. The summed E-state index contributed by atoms with van der Waals surface area (Å²) in [5.41, 5.74) is 1.50. The first-order valence-electron chi connectivity index (χ1n) is 3.99. The normalized spacial score (nSPS) is 14.5. The largest absolute Gasteiger partial charge is 0.441 e. The number of nitrogens with two attached hydrogens (primary N) is 1. The molecule has 0 radical (unpaired) electrons. The zero-order valence-electron chi connectivity index (χ0n) is 7.43. The highest BCUT2D eigenvalue weighted by Crippen LogP contribution is 2.30. The molecular weight excluding hydrogens is 219 g/mol. The van der Waals surface area contributed by atoms with Crippen molar-refractivity contribution in [2.45, 2.75) is 24.9 Å². The van der Waals surface area contributed by atoms with Crippen LogP contribution in [0.25, 0.3) is 0 Å². The van der Waals surface area contributed by atoms with E-state index in [0.717, 1.165) is 12.2 Å².